The quantitative estimate of drug-likeness (QED) is 0.747. The third-order valence-corrected chi connectivity index (χ3v) is 6.18. The summed E-state index contributed by atoms with van der Waals surface area (Å²) in [6.07, 6.45) is 0.558. The second kappa shape index (κ2) is 6.64. The number of anilines is 1. The third-order valence-electron chi connectivity index (χ3n) is 4.43. The van der Waals surface area contributed by atoms with E-state index >= 15 is 0 Å². The molecule has 1 amide bonds. The van der Waals surface area contributed by atoms with Crippen molar-refractivity contribution in [3.8, 4) is 0 Å². The number of morpholine rings is 1. The summed E-state index contributed by atoms with van der Waals surface area (Å²) in [5.74, 6) is 0.548. The average molecular weight is 354 g/mol. The Balaban J connectivity index is 1.82. The van der Waals surface area contributed by atoms with Gasteiger partial charge in [-0.05, 0) is 19.4 Å². The van der Waals surface area contributed by atoms with Gasteiger partial charge in [0.1, 0.15) is 5.69 Å². The molecular formula is C15H22N4O4S. The van der Waals surface area contributed by atoms with Crippen molar-refractivity contribution in [3.05, 3.63) is 17.5 Å². The molecule has 2 aliphatic heterocycles. The molecule has 2 aliphatic rings. The van der Waals surface area contributed by atoms with E-state index < -0.39 is 9.84 Å². The number of aromatic nitrogens is 2. The molecule has 0 bridgehead atoms. The van der Waals surface area contributed by atoms with Gasteiger partial charge < -0.3 is 14.5 Å². The summed E-state index contributed by atoms with van der Waals surface area (Å²) in [5, 5.41) is 0. The van der Waals surface area contributed by atoms with Crippen molar-refractivity contribution in [2.24, 2.45) is 0 Å². The van der Waals surface area contributed by atoms with Crippen molar-refractivity contribution in [1.29, 1.82) is 0 Å². The fourth-order valence-corrected chi connectivity index (χ4v) is 4.77. The monoisotopic (exact) mass is 354 g/mol. The largest absolute Gasteiger partial charge is 0.378 e. The number of hydrogen-bond donors (Lipinski definition) is 0. The number of nitrogens with zero attached hydrogens (tertiary/aromatic N) is 4. The lowest BCUT2D eigenvalue weighted by Crippen LogP contribution is -2.41. The fraction of sp³-hybridized carbons (Fsp3) is 0.667. The number of aryl methyl sites for hydroxylation is 1. The van der Waals surface area contributed by atoms with Crippen LogP contribution in [0.25, 0.3) is 0 Å². The number of ether oxygens (including phenoxy) is 1. The predicted octanol–water partition coefficient (Wildman–Crippen LogP) is -0.119. The summed E-state index contributed by atoms with van der Waals surface area (Å²) in [6, 6.07) is 1.52. The molecular weight excluding hydrogens is 332 g/mol. The molecule has 0 aliphatic carbocycles. The van der Waals surface area contributed by atoms with Gasteiger partial charge in [0.05, 0.1) is 24.7 Å². The molecule has 8 nitrogen and oxygen atoms in total. The molecule has 1 aromatic rings. The van der Waals surface area contributed by atoms with Gasteiger partial charge in [0.25, 0.3) is 5.91 Å². The van der Waals surface area contributed by atoms with Crippen LogP contribution in [0.5, 0.6) is 0 Å². The van der Waals surface area contributed by atoms with E-state index in [1.54, 1.807) is 29.8 Å². The molecule has 9 heteroatoms. The van der Waals surface area contributed by atoms with E-state index in [9.17, 15) is 13.2 Å². The first-order valence-electron chi connectivity index (χ1n) is 8.02. The Bertz CT molecular complexity index is 731. The first-order chi connectivity index (χ1) is 11.4. The van der Waals surface area contributed by atoms with Crippen LogP contribution in [0, 0.1) is 6.92 Å². The third kappa shape index (κ3) is 3.67. The van der Waals surface area contributed by atoms with Crippen molar-refractivity contribution in [2.45, 2.75) is 19.4 Å². The molecule has 0 radical (unpaired) electrons. The maximum absolute atomic E-state index is 12.6. The maximum Gasteiger partial charge on any atom is 0.272 e. The summed E-state index contributed by atoms with van der Waals surface area (Å²) < 4.78 is 28.6. The topological polar surface area (TPSA) is 92.7 Å². The molecule has 3 heterocycles. The van der Waals surface area contributed by atoms with Crippen LogP contribution in [-0.2, 0) is 14.6 Å². The van der Waals surface area contributed by atoms with Crippen LogP contribution in [0.1, 0.15) is 22.6 Å². The van der Waals surface area contributed by atoms with Crippen LogP contribution >= 0.6 is 0 Å². The van der Waals surface area contributed by atoms with Crippen LogP contribution < -0.4 is 4.90 Å². The van der Waals surface area contributed by atoms with Gasteiger partial charge in [-0.25, -0.2) is 18.4 Å². The zero-order valence-corrected chi connectivity index (χ0v) is 14.8. The normalized spacial score (nSPS) is 23.2. The van der Waals surface area contributed by atoms with Crippen molar-refractivity contribution in [1.82, 2.24) is 14.9 Å². The molecule has 2 fully saturated rings. The fourth-order valence-electron chi connectivity index (χ4n) is 2.99. The molecule has 132 valence electrons. The predicted molar refractivity (Wildman–Crippen MR) is 89.0 cm³/mol. The number of hydrogen-bond acceptors (Lipinski definition) is 7. The van der Waals surface area contributed by atoms with E-state index in [0.717, 1.165) is 0 Å². The Morgan fingerprint density at radius 1 is 1.33 bits per heavy atom. The number of carbonyl (C=O) groups excluding carboxylic acids is 1. The van der Waals surface area contributed by atoms with E-state index in [0.29, 0.717) is 50.1 Å². The van der Waals surface area contributed by atoms with Gasteiger partial charge in [-0.15, -0.1) is 0 Å². The summed E-state index contributed by atoms with van der Waals surface area (Å²) >= 11 is 0. The number of rotatable bonds is 3. The van der Waals surface area contributed by atoms with E-state index in [1.807, 2.05) is 0 Å². The summed E-state index contributed by atoms with van der Waals surface area (Å²) in [6.45, 7) is 3.97. The Morgan fingerprint density at radius 3 is 2.67 bits per heavy atom. The van der Waals surface area contributed by atoms with E-state index in [1.165, 1.54) is 0 Å². The molecule has 0 spiro atoms. The lowest BCUT2D eigenvalue weighted by atomic mass is 10.2. The van der Waals surface area contributed by atoms with Crippen LogP contribution in [0.4, 0.5) is 5.95 Å². The first kappa shape index (κ1) is 17.1. The molecule has 2 saturated heterocycles. The van der Waals surface area contributed by atoms with Gasteiger partial charge in [-0.2, -0.15) is 0 Å². The molecule has 1 atom stereocenters. The van der Waals surface area contributed by atoms with Gasteiger partial charge in [0.2, 0.25) is 5.95 Å². The van der Waals surface area contributed by atoms with E-state index in [2.05, 4.69) is 9.97 Å². The highest BCUT2D eigenvalue weighted by Crippen LogP contribution is 2.21. The van der Waals surface area contributed by atoms with Crippen LogP contribution in [0.2, 0.25) is 0 Å². The van der Waals surface area contributed by atoms with Crippen molar-refractivity contribution in [2.75, 3.05) is 49.8 Å². The second-order valence-electron chi connectivity index (χ2n) is 6.27. The van der Waals surface area contributed by atoms with E-state index in [4.69, 9.17) is 4.74 Å². The Morgan fingerprint density at radius 2 is 2.04 bits per heavy atom. The van der Waals surface area contributed by atoms with Gasteiger partial charge in [0, 0.05) is 31.9 Å². The Labute approximate surface area is 141 Å². The standard InChI is InChI=1S/C15H22N4O4S/c1-11-9-13(14(20)19-4-6-23-7-5-19)17-15(16-11)18(2)12-3-8-24(21,22)10-12/h9,12H,3-8,10H2,1-2H3. The molecule has 0 saturated carbocycles. The molecule has 0 aromatic carbocycles. The number of amides is 1. The smallest absolute Gasteiger partial charge is 0.272 e. The minimum atomic E-state index is -2.99. The van der Waals surface area contributed by atoms with Gasteiger partial charge in [-0.3, -0.25) is 4.79 Å². The van der Waals surface area contributed by atoms with Gasteiger partial charge in [0.15, 0.2) is 9.84 Å². The molecule has 24 heavy (non-hydrogen) atoms. The number of sulfone groups is 1. The van der Waals surface area contributed by atoms with Crippen LogP contribution in [0.15, 0.2) is 6.07 Å². The molecule has 3 rings (SSSR count). The summed E-state index contributed by atoms with van der Waals surface area (Å²) in [7, 11) is -1.21. The summed E-state index contributed by atoms with van der Waals surface area (Å²) in [5.41, 5.74) is 1.02. The number of carbonyl (C=O) groups is 1. The molecule has 1 aromatic heterocycles. The van der Waals surface area contributed by atoms with Crippen molar-refractivity contribution in [3.63, 3.8) is 0 Å². The molecule has 0 N–H and O–H groups in total. The highest BCUT2D eigenvalue weighted by molar-refractivity contribution is 7.91. The highest BCUT2D eigenvalue weighted by Gasteiger charge is 2.32. The van der Waals surface area contributed by atoms with Gasteiger partial charge in [-0.1, -0.05) is 0 Å². The maximum atomic E-state index is 12.6. The second-order valence-corrected chi connectivity index (χ2v) is 8.50. The lowest BCUT2D eigenvalue weighted by molar-refractivity contribution is 0.0299. The SMILES string of the molecule is Cc1cc(C(=O)N2CCOCC2)nc(N(C)C2CCS(=O)(=O)C2)n1. The first-order valence-corrected chi connectivity index (χ1v) is 9.84. The minimum Gasteiger partial charge on any atom is -0.378 e. The van der Waals surface area contributed by atoms with E-state index in [-0.39, 0.29) is 23.5 Å². The molecule has 1 unspecified atom stereocenters. The Kier molecular flexibility index (Phi) is 4.73. The average Bonchev–Trinajstić information content (AvgIpc) is 2.93. The lowest BCUT2D eigenvalue weighted by Gasteiger charge is -2.27. The van der Waals surface area contributed by atoms with Crippen molar-refractivity contribution < 1.29 is 17.9 Å². The van der Waals surface area contributed by atoms with Gasteiger partial charge >= 0.3 is 0 Å². The minimum absolute atomic E-state index is 0.105. The Hall–Kier alpha value is -1.74. The summed E-state index contributed by atoms with van der Waals surface area (Å²) in [4.78, 5) is 24.9. The zero-order valence-electron chi connectivity index (χ0n) is 13.9. The van der Waals surface area contributed by atoms with Crippen molar-refractivity contribution >= 4 is 21.7 Å². The van der Waals surface area contributed by atoms with Crippen LogP contribution in [-0.4, -0.2) is 80.1 Å². The van der Waals surface area contributed by atoms with Crippen LogP contribution in [0.3, 0.4) is 0 Å². The highest BCUT2D eigenvalue weighted by atomic mass is 32.2. The zero-order chi connectivity index (χ0) is 17.3.